The van der Waals surface area contributed by atoms with E-state index >= 15 is 0 Å². The molecule has 1 atom stereocenters. The summed E-state index contributed by atoms with van der Waals surface area (Å²) >= 11 is 6.07. The molecular formula is C13H18ClFN2. The third-order valence-electron chi connectivity index (χ3n) is 3.32. The molecule has 0 aliphatic carbocycles. The molecule has 0 radical (unpaired) electrons. The first kappa shape index (κ1) is 12.8. The fraction of sp³-hybridized carbons (Fsp3) is 0.538. The van der Waals surface area contributed by atoms with Crippen LogP contribution in [0.4, 0.5) is 4.39 Å². The highest BCUT2D eigenvalue weighted by Gasteiger charge is 2.18. The van der Waals surface area contributed by atoms with Crippen LogP contribution >= 0.6 is 11.6 Å². The van der Waals surface area contributed by atoms with Crippen LogP contribution in [0.5, 0.6) is 0 Å². The lowest BCUT2D eigenvalue weighted by Crippen LogP contribution is -2.43. The van der Waals surface area contributed by atoms with E-state index in [9.17, 15) is 4.39 Å². The van der Waals surface area contributed by atoms with Crippen LogP contribution in [0.1, 0.15) is 18.4 Å². The molecule has 1 fully saturated rings. The van der Waals surface area contributed by atoms with Gasteiger partial charge in [0.25, 0.3) is 0 Å². The Balaban J connectivity index is 2.01. The minimum atomic E-state index is -0.223. The van der Waals surface area contributed by atoms with Crippen molar-refractivity contribution in [3.05, 3.63) is 34.6 Å². The van der Waals surface area contributed by atoms with Crippen molar-refractivity contribution in [2.75, 3.05) is 20.1 Å². The van der Waals surface area contributed by atoms with E-state index in [0.29, 0.717) is 17.6 Å². The van der Waals surface area contributed by atoms with E-state index in [2.05, 4.69) is 17.3 Å². The zero-order valence-corrected chi connectivity index (χ0v) is 10.8. The van der Waals surface area contributed by atoms with Crippen molar-refractivity contribution in [1.82, 2.24) is 10.2 Å². The molecule has 94 valence electrons. The van der Waals surface area contributed by atoms with Crippen LogP contribution in [0.3, 0.4) is 0 Å². The maximum absolute atomic E-state index is 13.2. The lowest BCUT2D eigenvalue weighted by molar-refractivity contribution is 0.195. The van der Waals surface area contributed by atoms with Crippen LogP contribution in [-0.4, -0.2) is 31.1 Å². The molecule has 0 aromatic heterocycles. The van der Waals surface area contributed by atoms with Gasteiger partial charge in [-0.05, 0) is 50.2 Å². The van der Waals surface area contributed by atoms with Gasteiger partial charge in [0.1, 0.15) is 5.82 Å². The molecule has 1 aromatic rings. The van der Waals surface area contributed by atoms with Crippen LogP contribution in [0.15, 0.2) is 18.2 Å². The standard InChI is InChI=1S/C13H18ClFN2/c1-17(12-3-2-6-16-8-12)9-10-7-11(15)4-5-13(10)14/h4-5,7,12,16H,2-3,6,8-9H2,1H3. The normalized spacial score (nSPS) is 20.8. The average molecular weight is 257 g/mol. The second-order valence-corrected chi connectivity index (χ2v) is 5.06. The summed E-state index contributed by atoms with van der Waals surface area (Å²) in [5, 5.41) is 4.02. The molecule has 0 amide bonds. The molecule has 1 aliphatic heterocycles. The monoisotopic (exact) mass is 256 g/mol. The number of likely N-dealkylation sites (N-methyl/N-ethyl adjacent to an activating group) is 1. The highest BCUT2D eigenvalue weighted by Crippen LogP contribution is 2.20. The Kier molecular flexibility index (Phi) is 4.37. The van der Waals surface area contributed by atoms with Crippen molar-refractivity contribution in [3.63, 3.8) is 0 Å². The summed E-state index contributed by atoms with van der Waals surface area (Å²) in [4.78, 5) is 2.24. The Bertz CT molecular complexity index is 378. The SMILES string of the molecule is CN(Cc1cc(F)ccc1Cl)C1CCCNC1. The highest BCUT2D eigenvalue weighted by atomic mass is 35.5. The van der Waals surface area contributed by atoms with Crippen LogP contribution in [0.25, 0.3) is 0 Å². The van der Waals surface area contributed by atoms with Gasteiger partial charge in [0, 0.05) is 24.2 Å². The second-order valence-electron chi connectivity index (χ2n) is 4.65. The molecule has 1 unspecified atom stereocenters. The first-order chi connectivity index (χ1) is 8.16. The Morgan fingerprint density at radius 3 is 3.06 bits per heavy atom. The Labute approximate surface area is 107 Å². The maximum atomic E-state index is 13.2. The van der Waals surface area contributed by atoms with Gasteiger partial charge < -0.3 is 5.32 Å². The van der Waals surface area contributed by atoms with Gasteiger partial charge in [-0.3, -0.25) is 4.90 Å². The van der Waals surface area contributed by atoms with E-state index in [1.165, 1.54) is 25.0 Å². The maximum Gasteiger partial charge on any atom is 0.123 e. The number of nitrogens with zero attached hydrogens (tertiary/aromatic N) is 1. The van der Waals surface area contributed by atoms with Crippen molar-refractivity contribution < 1.29 is 4.39 Å². The average Bonchev–Trinajstić information content (AvgIpc) is 2.35. The zero-order valence-electron chi connectivity index (χ0n) is 10.0. The zero-order chi connectivity index (χ0) is 12.3. The van der Waals surface area contributed by atoms with Gasteiger partial charge in [-0.1, -0.05) is 11.6 Å². The fourth-order valence-electron chi connectivity index (χ4n) is 2.27. The van der Waals surface area contributed by atoms with Crippen LogP contribution in [0, 0.1) is 5.82 Å². The van der Waals surface area contributed by atoms with E-state index in [1.807, 2.05) is 0 Å². The van der Waals surface area contributed by atoms with Crippen LogP contribution in [0.2, 0.25) is 5.02 Å². The van der Waals surface area contributed by atoms with Gasteiger partial charge in [-0.25, -0.2) is 4.39 Å². The molecule has 1 N–H and O–H groups in total. The van der Waals surface area contributed by atoms with Crippen LogP contribution in [-0.2, 0) is 6.54 Å². The molecule has 1 aliphatic rings. The molecule has 17 heavy (non-hydrogen) atoms. The molecule has 4 heteroatoms. The molecular weight excluding hydrogens is 239 g/mol. The van der Waals surface area contributed by atoms with Crippen molar-refractivity contribution in [3.8, 4) is 0 Å². The highest BCUT2D eigenvalue weighted by molar-refractivity contribution is 6.31. The molecule has 0 saturated carbocycles. The van der Waals surface area contributed by atoms with Crippen molar-refractivity contribution in [2.24, 2.45) is 0 Å². The lowest BCUT2D eigenvalue weighted by atomic mass is 10.1. The van der Waals surface area contributed by atoms with E-state index in [0.717, 1.165) is 18.7 Å². The van der Waals surface area contributed by atoms with Gasteiger partial charge in [-0.15, -0.1) is 0 Å². The van der Waals surface area contributed by atoms with Crippen molar-refractivity contribution in [2.45, 2.75) is 25.4 Å². The molecule has 0 spiro atoms. The first-order valence-corrected chi connectivity index (χ1v) is 6.39. The lowest BCUT2D eigenvalue weighted by Gasteiger charge is -2.31. The summed E-state index contributed by atoms with van der Waals surface area (Å²) in [5.41, 5.74) is 0.861. The number of benzene rings is 1. The predicted molar refractivity (Wildman–Crippen MR) is 68.8 cm³/mol. The van der Waals surface area contributed by atoms with Crippen molar-refractivity contribution in [1.29, 1.82) is 0 Å². The molecule has 0 bridgehead atoms. The quantitative estimate of drug-likeness (QED) is 0.895. The van der Waals surface area contributed by atoms with Gasteiger partial charge in [0.2, 0.25) is 0 Å². The second kappa shape index (κ2) is 5.80. The number of nitrogens with one attached hydrogen (secondary N) is 1. The van der Waals surface area contributed by atoms with E-state index in [1.54, 1.807) is 6.07 Å². The molecule has 1 aromatic carbocycles. The molecule has 2 nitrogen and oxygen atoms in total. The Morgan fingerprint density at radius 2 is 2.35 bits per heavy atom. The first-order valence-electron chi connectivity index (χ1n) is 6.01. The number of piperidine rings is 1. The molecule has 2 rings (SSSR count). The van der Waals surface area contributed by atoms with Gasteiger partial charge in [-0.2, -0.15) is 0 Å². The van der Waals surface area contributed by atoms with Crippen molar-refractivity contribution >= 4 is 11.6 Å². The Hall–Kier alpha value is -0.640. The molecule has 1 saturated heterocycles. The minimum Gasteiger partial charge on any atom is -0.315 e. The number of halogens is 2. The summed E-state index contributed by atoms with van der Waals surface area (Å²) in [6, 6.07) is 5.06. The largest absolute Gasteiger partial charge is 0.315 e. The summed E-state index contributed by atoms with van der Waals surface area (Å²) in [5.74, 6) is -0.223. The van der Waals surface area contributed by atoms with Crippen LogP contribution < -0.4 is 5.32 Å². The summed E-state index contributed by atoms with van der Waals surface area (Å²) in [6.45, 7) is 2.80. The predicted octanol–water partition coefficient (Wildman–Crippen LogP) is 2.66. The van der Waals surface area contributed by atoms with E-state index in [4.69, 9.17) is 11.6 Å². The minimum absolute atomic E-state index is 0.223. The molecule has 1 heterocycles. The fourth-order valence-corrected chi connectivity index (χ4v) is 2.45. The third-order valence-corrected chi connectivity index (χ3v) is 3.69. The van der Waals surface area contributed by atoms with Gasteiger partial charge in [0.15, 0.2) is 0 Å². The van der Waals surface area contributed by atoms with Gasteiger partial charge >= 0.3 is 0 Å². The smallest absolute Gasteiger partial charge is 0.123 e. The summed E-state index contributed by atoms with van der Waals surface area (Å²) < 4.78 is 13.2. The van der Waals surface area contributed by atoms with E-state index in [-0.39, 0.29) is 5.82 Å². The van der Waals surface area contributed by atoms with Gasteiger partial charge in [0.05, 0.1) is 0 Å². The summed E-state index contributed by atoms with van der Waals surface area (Å²) in [6.07, 6.45) is 2.39. The number of rotatable bonds is 3. The Morgan fingerprint density at radius 1 is 1.53 bits per heavy atom. The van der Waals surface area contributed by atoms with E-state index < -0.39 is 0 Å². The topological polar surface area (TPSA) is 15.3 Å². The number of hydrogen-bond acceptors (Lipinski definition) is 2. The summed E-state index contributed by atoms with van der Waals surface area (Å²) in [7, 11) is 2.07. The number of hydrogen-bond donors (Lipinski definition) is 1. The third kappa shape index (κ3) is 3.41.